The highest BCUT2D eigenvalue weighted by Gasteiger charge is 2.41. The molecule has 0 saturated carbocycles. The number of carbonyl (C=O) groups is 9. The Balaban J connectivity index is 1.56. The lowest BCUT2D eigenvalue weighted by Crippen LogP contribution is -2.62. The quantitative estimate of drug-likeness (QED) is 0.0446. The van der Waals surface area contributed by atoms with Gasteiger partial charge in [0.05, 0.1) is 19.0 Å². The molecule has 422 valence electrons. The van der Waals surface area contributed by atoms with Gasteiger partial charge in [0, 0.05) is 31.3 Å². The highest BCUT2D eigenvalue weighted by Crippen LogP contribution is 2.22. The maximum absolute atomic E-state index is 14.8. The van der Waals surface area contributed by atoms with Gasteiger partial charge in [0.1, 0.15) is 54.1 Å². The number of rotatable bonds is 29. The number of likely N-dealkylation sites (tertiary alicyclic amines) is 1. The topological polar surface area (TPSA) is 356 Å². The van der Waals surface area contributed by atoms with Crippen LogP contribution < -0.4 is 43.0 Å². The van der Waals surface area contributed by atoms with Crippen molar-refractivity contribution in [3.8, 4) is 5.75 Å². The average Bonchev–Trinajstić information content (AvgIpc) is 4.11. The van der Waals surface area contributed by atoms with E-state index in [2.05, 4.69) is 47.2 Å². The first-order valence-corrected chi connectivity index (χ1v) is 26.3. The van der Waals surface area contributed by atoms with Crippen LogP contribution in [0.25, 0.3) is 0 Å². The second-order valence-corrected chi connectivity index (χ2v) is 20.9. The number of aromatic hydroxyl groups is 1. The monoisotopic (exact) mass is 1070 g/mol. The van der Waals surface area contributed by atoms with Crippen LogP contribution in [0, 0.1) is 23.7 Å². The van der Waals surface area contributed by atoms with Gasteiger partial charge in [-0.05, 0) is 72.6 Å². The van der Waals surface area contributed by atoms with E-state index >= 15 is 0 Å². The van der Waals surface area contributed by atoms with Crippen molar-refractivity contribution in [2.24, 2.45) is 29.4 Å². The lowest BCUT2D eigenvalue weighted by atomic mass is 9.96. The lowest BCUT2D eigenvalue weighted by Gasteiger charge is -2.32. The molecular formula is C54H79N11O12. The average molecular weight is 1070 g/mol. The van der Waals surface area contributed by atoms with Gasteiger partial charge in [-0.3, -0.25) is 38.4 Å². The Morgan fingerprint density at radius 1 is 0.662 bits per heavy atom. The molecule has 4 rings (SSSR count). The molecule has 0 unspecified atom stereocenters. The van der Waals surface area contributed by atoms with Crippen LogP contribution in [0.4, 0.5) is 0 Å². The van der Waals surface area contributed by atoms with Crippen molar-refractivity contribution in [2.75, 3.05) is 13.2 Å². The number of nitrogens with two attached hydrogens (primary N) is 1. The molecule has 0 spiro atoms. The molecule has 2 heterocycles. The molecule has 77 heavy (non-hydrogen) atoms. The van der Waals surface area contributed by atoms with Crippen molar-refractivity contribution >= 4 is 53.2 Å². The number of carbonyl (C=O) groups excluding carboxylic acids is 8. The number of hydrogen-bond donors (Lipinski definition) is 12. The minimum Gasteiger partial charge on any atom is -0.508 e. The van der Waals surface area contributed by atoms with E-state index in [1.54, 1.807) is 77.1 Å². The zero-order valence-electron chi connectivity index (χ0n) is 45.2. The SMILES string of the molecule is CC[C@H](C)[C@H](NC(=O)[C@H](CC(C)C)NC(=O)[C@@H](N)Cc1ccc(O)cc1)C(=O)N[C@@H](Cc1cnc[nH]1)C(=O)N[C@@H](Cc1ccccc1)C(=O)N1CCC[C@H]1C(=O)N[C@H](C(=O)N[C@@H](CO)C(=O)N[C@H](C(=O)O)C(C)C)C(C)C. The van der Waals surface area contributed by atoms with Crippen molar-refractivity contribution in [1.82, 2.24) is 52.1 Å². The molecule has 2 aromatic carbocycles. The number of phenols is 1. The molecule has 23 heteroatoms. The zero-order valence-corrected chi connectivity index (χ0v) is 45.2. The van der Waals surface area contributed by atoms with Crippen LogP contribution in [0.1, 0.15) is 97.9 Å². The minimum atomic E-state index is -1.55. The molecule has 23 nitrogen and oxygen atoms in total. The highest BCUT2D eigenvalue weighted by atomic mass is 16.4. The fourth-order valence-corrected chi connectivity index (χ4v) is 8.84. The summed E-state index contributed by atoms with van der Waals surface area (Å²) in [6.45, 7) is 13.0. The number of aliphatic hydroxyl groups is 1. The van der Waals surface area contributed by atoms with Gasteiger partial charge >= 0.3 is 5.97 Å². The van der Waals surface area contributed by atoms with E-state index < -0.39 is 132 Å². The van der Waals surface area contributed by atoms with Crippen molar-refractivity contribution < 1.29 is 58.5 Å². The van der Waals surface area contributed by atoms with E-state index in [0.717, 1.165) is 0 Å². The van der Waals surface area contributed by atoms with Gasteiger partial charge in [0.25, 0.3) is 0 Å². The number of amides is 8. The molecule has 0 bridgehead atoms. The van der Waals surface area contributed by atoms with Gasteiger partial charge in [-0.1, -0.05) is 104 Å². The number of nitrogens with one attached hydrogen (secondary N) is 8. The summed E-state index contributed by atoms with van der Waals surface area (Å²) in [6, 6.07) is 3.85. The van der Waals surface area contributed by atoms with E-state index in [9.17, 15) is 58.5 Å². The van der Waals surface area contributed by atoms with Crippen molar-refractivity contribution in [3.05, 3.63) is 83.9 Å². The number of aliphatic carboxylic acids is 1. The summed E-state index contributed by atoms with van der Waals surface area (Å²) >= 11 is 0. The molecular weight excluding hydrogens is 995 g/mol. The fraction of sp³-hybridized carbons (Fsp3) is 0.556. The fourth-order valence-electron chi connectivity index (χ4n) is 8.84. The summed E-state index contributed by atoms with van der Waals surface area (Å²) in [5.74, 6) is -8.72. The third-order valence-electron chi connectivity index (χ3n) is 13.5. The normalized spacial score (nSPS) is 16.9. The standard InChI is InChI=1S/C54H79N11O12/c1-9-32(8)45(64-48(70)38(22-29(2)3)58-46(68)37(55)23-34-17-19-36(67)20-18-34)52(74)59-39(25-35-26-56-28-57-35)47(69)60-40(24-33-14-11-10-12-15-33)53(75)65-21-13-16-42(65)50(72)62-43(30(4)5)51(73)61-41(27-66)49(71)63-44(31(6)7)54(76)77/h10-12,14-15,17-20,26,28-32,37-45,66-67H,9,13,16,21-25,27,55H2,1-8H3,(H,56,57)(H,58,68)(H,59,74)(H,60,69)(H,61,73)(H,62,72)(H,63,71)(H,64,70)(H,76,77)/t32-,37-,38-,39-,40-,41-,42-,43-,44-,45-/m0/s1. The first-order valence-electron chi connectivity index (χ1n) is 26.3. The highest BCUT2D eigenvalue weighted by molar-refractivity contribution is 5.98. The maximum Gasteiger partial charge on any atom is 0.326 e. The number of aromatic amines is 1. The van der Waals surface area contributed by atoms with Gasteiger partial charge in [0.15, 0.2) is 0 Å². The van der Waals surface area contributed by atoms with Crippen LogP contribution in [0.2, 0.25) is 0 Å². The Hall–Kier alpha value is -7.40. The van der Waals surface area contributed by atoms with E-state index in [1.807, 2.05) is 20.8 Å². The Kier molecular flexibility index (Phi) is 24.0. The third-order valence-corrected chi connectivity index (χ3v) is 13.5. The Labute approximate surface area is 449 Å². The smallest absolute Gasteiger partial charge is 0.326 e. The van der Waals surface area contributed by atoms with Crippen LogP contribution in [0.15, 0.2) is 67.1 Å². The zero-order chi connectivity index (χ0) is 57.1. The molecule has 13 N–H and O–H groups in total. The number of hydrogen-bond acceptors (Lipinski definition) is 13. The van der Waals surface area contributed by atoms with Crippen LogP contribution in [0.3, 0.4) is 0 Å². The molecule has 8 amide bonds. The van der Waals surface area contributed by atoms with Crippen molar-refractivity contribution in [1.29, 1.82) is 0 Å². The van der Waals surface area contributed by atoms with E-state index in [1.165, 1.54) is 29.6 Å². The molecule has 1 aliphatic rings. The Morgan fingerprint density at radius 2 is 1.22 bits per heavy atom. The predicted octanol–water partition coefficient (Wildman–Crippen LogP) is 0.336. The second-order valence-electron chi connectivity index (χ2n) is 20.9. The molecule has 3 aromatic rings. The summed E-state index contributed by atoms with van der Waals surface area (Å²) < 4.78 is 0. The molecule has 1 fully saturated rings. The molecule has 1 aromatic heterocycles. The number of aliphatic hydroxyl groups excluding tert-OH is 1. The van der Waals surface area contributed by atoms with Gasteiger partial charge < -0.3 is 68.2 Å². The Bertz CT molecular complexity index is 2460. The van der Waals surface area contributed by atoms with Gasteiger partial charge in [-0.15, -0.1) is 0 Å². The maximum atomic E-state index is 14.8. The van der Waals surface area contributed by atoms with E-state index in [-0.39, 0.29) is 50.3 Å². The van der Waals surface area contributed by atoms with E-state index in [0.29, 0.717) is 29.7 Å². The first-order chi connectivity index (χ1) is 36.4. The molecule has 10 atom stereocenters. The number of H-pyrrole nitrogens is 1. The molecule has 1 saturated heterocycles. The number of benzene rings is 2. The summed E-state index contributed by atoms with van der Waals surface area (Å²) in [5.41, 5.74) is 8.07. The summed E-state index contributed by atoms with van der Waals surface area (Å²) in [4.78, 5) is 132. The summed E-state index contributed by atoms with van der Waals surface area (Å²) in [5, 5.41) is 47.9. The van der Waals surface area contributed by atoms with Crippen molar-refractivity contribution in [2.45, 2.75) is 155 Å². The number of imidazole rings is 1. The molecule has 0 radical (unpaired) electrons. The van der Waals surface area contributed by atoms with Gasteiger partial charge in [-0.2, -0.15) is 0 Å². The number of carboxylic acid groups (broad SMARTS) is 1. The number of aromatic nitrogens is 2. The van der Waals surface area contributed by atoms with Gasteiger partial charge in [0.2, 0.25) is 47.3 Å². The molecule has 1 aliphatic heterocycles. The summed E-state index contributed by atoms with van der Waals surface area (Å²) in [7, 11) is 0. The summed E-state index contributed by atoms with van der Waals surface area (Å²) in [6.07, 6.45) is 4.04. The molecule has 0 aliphatic carbocycles. The Morgan fingerprint density at radius 3 is 1.79 bits per heavy atom. The van der Waals surface area contributed by atoms with Crippen LogP contribution >= 0.6 is 0 Å². The predicted molar refractivity (Wildman–Crippen MR) is 284 cm³/mol. The largest absolute Gasteiger partial charge is 0.508 e. The van der Waals surface area contributed by atoms with E-state index in [4.69, 9.17) is 5.73 Å². The van der Waals surface area contributed by atoms with Crippen LogP contribution in [0.5, 0.6) is 5.75 Å². The van der Waals surface area contributed by atoms with Crippen LogP contribution in [-0.2, 0) is 62.4 Å². The number of phenolic OH excluding ortho intramolecular Hbond substituents is 1. The minimum absolute atomic E-state index is 0.0325. The number of nitrogens with zero attached hydrogens (tertiary/aromatic N) is 2. The third kappa shape index (κ3) is 18.7. The van der Waals surface area contributed by atoms with Gasteiger partial charge in [-0.25, -0.2) is 9.78 Å². The van der Waals surface area contributed by atoms with Crippen molar-refractivity contribution in [3.63, 3.8) is 0 Å². The first kappa shape index (κ1) is 62.1. The number of carboxylic acids is 1. The van der Waals surface area contributed by atoms with Crippen LogP contribution in [-0.4, -0.2) is 151 Å². The lowest BCUT2D eigenvalue weighted by molar-refractivity contribution is -0.144. The second kappa shape index (κ2) is 29.8.